The van der Waals surface area contributed by atoms with Crippen molar-refractivity contribution < 1.29 is 23.4 Å². The van der Waals surface area contributed by atoms with Crippen LogP contribution < -0.4 is 4.74 Å². The van der Waals surface area contributed by atoms with E-state index >= 15 is 0 Å². The monoisotopic (exact) mass is 265 g/mol. The van der Waals surface area contributed by atoms with Crippen LogP contribution in [0.25, 0.3) is 11.3 Å². The molecule has 98 valence electrons. The van der Waals surface area contributed by atoms with Crippen LogP contribution in [0.4, 0.5) is 8.78 Å². The number of halogens is 2. The van der Waals surface area contributed by atoms with Crippen molar-refractivity contribution in [2.45, 2.75) is 6.61 Å². The van der Waals surface area contributed by atoms with Crippen molar-refractivity contribution >= 4 is 5.97 Å². The Kier molecular flexibility index (Phi) is 3.70. The molecule has 0 bridgehead atoms. The largest absolute Gasteiger partial charge is 0.478 e. The Bertz CT molecular complexity index is 602. The quantitative estimate of drug-likeness (QED) is 0.923. The SMILES string of the molecule is O=C(O)c1ccnc(-c2ccccc2OC(F)F)c1. The zero-order valence-electron chi connectivity index (χ0n) is 9.59. The molecular weight excluding hydrogens is 256 g/mol. The summed E-state index contributed by atoms with van der Waals surface area (Å²) in [6.45, 7) is -2.95. The van der Waals surface area contributed by atoms with Gasteiger partial charge in [0.25, 0.3) is 0 Å². The number of ether oxygens (including phenoxy) is 1. The summed E-state index contributed by atoms with van der Waals surface area (Å²) in [7, 11) is 0. The van der Waals surface area contributed by atoms with Crippen LogP contribution in [0.15, 0.2) is 42.6 Å². The number of aromatic carboxylic acids is 1. The number of alkyl halides is 2. The first kappa shape index (κ1) is 12.9. The minimum atomic E-state index is -2.95. The molecule has 0 atom stereocenters. The highest BCUT2D eigenvalue weighted by molar-refractivity contribution is 5.89. The van der Waals surface area contributed by atoms with Crippen LogP contribution in [0.5, 0.6) is 5.75 Å². The van der Waals surface area contributed by atoms with E-state index in [0.717, 1.165) is 0 Å². The molecular formula is C13H9F2NO3. The minimum absolute atomic E-state index is 0.0249. The zero-order valence-corrected chi connectivity index (χ0v) is 9.59. The summed E-state index contributed by atoms with van der Waals surface area (Å²) in [5.41, 5.74) is 0.596. The summed E-state index contributed by atoms with van der Waals surface area (Å²) in [6.07, 6.45) is 1.30. The van der Waals surface area contributed by atoms with Crippen molar-refractivity contribution in [3.05, 3.63) is 48.2 Å². The topological polar surface area (TPSA) is 59.4 Å². The normalized spacial score (nSPS) is 10.5. The fourth-order valence-corrected chi connectivity index (χ4v) is 1.59. The van der Waals surface area contributed by atoms with E-state index in [4.69, 9.17) is 5.11 Å². The molecule has 0 amide bonds. The number of nitrogens with zero attached hydrogens (tertiary/aromatic N) is 1. The van der Waals surface area contributed by atoms with Gasteiger partial charge in [0.15, 0.2) is 0 Å². The standard InChI is InChI=1S/C13H9F2NO3/c14-13(15)19-11-4-2-1-3-9(11)10-7-8(12(17)18)5-6-16-10/h1-7,13H,(H,17,18). The van der Waals surface area contributed by atoms with Gasteiger partial charge >= 0.3 is 12.6 Å². The van der Waals surface area contributed by atoms with Gasteiger partial charge < -0.3 is 9.84 Å². The van der Waals surface area contributed by atoms with Crippen molar-refractivity contribution in [3.8, 4) is 17.0 Å². The molecule has 6 heteroatoms. The number of para-hydroxylation sites is 1. The maximum Gasteiger partial charge on any atom is 0.387 e. The number of rotatable bonds is 4. The molecule has 0 fully saturated rings. The average molecular weight is 265 g/mol. The molecule has 2 rings (SSSR count). The Labute approximate surface area is 107 Å². The fraction of sp³-hybridized carbons (Fsp3) is 0.0769. The number of carbonyl (C=O) groups is 1. The van der Waals surface area contributed by atoms with E-state index in [1.807, 2.05) is 0 Å². The van der Waals surface area contributed by atoms with Gasteiger partial charge in [0.1, 0.15) is 5.75 Å². The van der Waals surface area contributed by atoms with Gasteiger partial charge in [-0.3, -0.25) is 4.98 Å². The summed E-state index contributed by atoms with van der Waals surface area (Å²) in [4.78, 5) is 14.8. The van der Waals surface area contributed by atoms with E-state index in [1.54, 1.807) is 12.1 Å². The zero-order chi connectivity index (χ0) is 13.8. The number of benzene rings is 1. The first-order valence-corrected chi connectivity index (χ1v) is 5.31. The summed E-state index contributed by atoms with van der Waals surface area (Å²) < 4.78 is 29.0. The molecule has 0 unspecified atom stereocenters. The van der Waals surface area contributed by atoms with Crippen LogP contribution in [-0.2, 0) is 0 Å². The smallest absolute Gasteiger partial charge is 0.387 e. The Morgan fingerprint density at radius 3 is 2.68 bits per heavy atom. The van der Waals surface area contributed by atoms with Crippen molar-refractivity contribution in [2.24, 2.45) is 0 Å². The van der Waals surface area contributed by atoms with Gasteiger partial charge in [-0.2, -0.15) is 8.78 Å². The van der Waals surface area contributed by atoms with Gasteiger partial charge in [-0.25, -0.2) is 4.79 Å². The lowest BCUT2D eigenvalue weighted by Crippen LogP contribution is -2.04. The second-order valence-corrected chi connectivity index (χ2v) is 3.61. The highest BCUT2D eigenvalue weighted by Crippen LogP contribution is 2.29. The molecule has 0 radical (unpaired) electrons. The third-order valence-electron chi connectivity index (χ3n) is 2.39. The summed E-state index contributed by atoms with van der Waals surface area (Å²) >= 11 is 0. The average Bonchev–Trinajstić information content (AvgIpc) is 2.39. The second kappa shape index (κ2) is 5.43. The van der Waals surface area contributed by atoms with Crippen molar-refractivity contribution in [2.75, 3.05) is 0 Å². The van der Waals surface area contributed by atoms with Crippen LogP contribution in [0, 0.1) is 0 Å². The highest BCUT2D eigenvalue weighted by atomic mass is 19.3. The predicted molar refractivity (Wildman–Crippen MR) is 63.3 cm³/mol. The van der Waals surface area contributed by atoms with Crippen LogP contribution in [-0.4, -0.2) is 22.7 Å². The number of pyridine rings is 1. The number of aromatic nitrogens is 1. The first-order valence-electron chi connectivity index (χ1n) is 5.31. The maximum absolute atomic E-state index is 12.3. The van der Waals surface area contributed by atoms with E-state index in [9.17, 15) is 13.6 Å². The van der Waals surface area contributed by atoms with E-state index in [2.05, 4.69) is 9.72 Å². The molecule has 1 aromatic heterocycles. The van der Waals surface area contributed by atoms with Gasteiger partial charge in [0.05, 0.1) is 11.3 Å². The van der Waals surface area contributed by atoms with Gasteiger partial charge in [-0.1, -0.05) is 12.1 Å². The molecule has 0 aliphatic carbocycles. The molecule has 0 saturated carbocycles. The number of carboxylic acids is 1. The van der Waals surface area contributed by atoms with Crippen LogP contribution in [0.3, 0.4) is 0 Å². The maximum atomic E-state index is 12.3. The first-order chi connectivity index (χ1) is 9.08. The highest BCUT2D eigenvalue weighted by Gasteiger charge is 2.13. The Balaban J connectivity index is 2.46. The van der Waals surface area contributed by atoms with Crippen molar-refractivity contribution in [3.63, 3.8) is 0 Å². The molecule has 2 aromatic rings. The number of hydrogen-bond acceptors (Lipinski definition) is 3. The van der Waals surface area contributed by atoms with Crippen LogP contribution in [0.1, 0.15) is 10.4 Å². The third kappa shape index (κ3) is 3.04. The Morgan fingerprint density at radius 1 is 1.26 bits per heavy atom. The molecule has 0 spiro atoms. The molecule has 0 aliphatic heterocycles. The summed E-state index contributed by atoms with van der Waals surface area (Å²) in [5.74, 6) is -1.16. The molecule has 4 nitrogen and oxygen atoms in total. The molecule has 0 aliphatic rings. The van der Waals surface area contributed by atoms with E-state index < -0.39 is 12.6 Å². The molecule has 1 aromatic carbocycles. The summed E-state index contributed by atoms with van der Waals surface area (Å²) in [5, 5.41) is 8.89. The molecule has 0 saturated heterocycles. The van der Waals surface area contributed by atoms with Crippen LogP contribution in [0.2, 0.25) is 0 Å². The van der Waals surface area contributed by atoms with Gasteiger partial charge in [0.2, 0.25) is 0 Å². The lowest BCUT2D eigenvalue weighted by atomic mass is 10.1. The summed E-state index contributed by atoms with van der Waals surface area (Å²) in [6, 6.07) is 8.70. The minimum Gasteiger partial charge on any atom is -0.478 e. The number of hydrogen-bond donors (Lipinski definition) is 1. The van der Waals surface area contributed by atoms with Crippen molar-refractivity contribution in [1.82, 2.24) is 4.98 Å². The lowest BCUT2D eigenvalue weighted by Gasteiger charge is -2.10. The van der Waals surface area contributed by atoms with E-state index in [0.29, 0.717) is 5.56 Å². The Morgan fingerprint density at radius 2 is 2.00 bits per heavy atom. The fourth-order valence-electron chi connectivity index (χ4n) is 1.59. The van der Waals surface area contributed by atoms with Gasteiger partial charge in [0, 0.05) is 11.8 Å². The molecule has 1 heterocycles. The Hall–Kier alpha value is -2.50. The van der Waals surface area contributed by atoms with Gasteiger partial charge in [-0.15, -0.1) is 0 Å². The number of carboxylic acid groups (broad SMARTS) is 1. The van der Waals surface area contributed by atoms with Crippen molar-refractivity contribution in [1.29, 1.82) is 0 Å². The lowest BCUT2D eigenvalue weighted by molar-refractivity contribution is -0.0494. The third-order valence-corrected chi connectivity index (χ3v) is 2.39. The molecule has 1 N–H and O–H groups in total. The van der Waals surface area contributed by atoms with Gasteiger partial charge in [-0.05, 0) is 24.3 Å². The van der Waals surface area contributed by atoms with E-state index in [1.165, 1.54) is 30.5 Å². The van der Waals surface area contributed by atoms with E-state index in [-0.39, 0.29) is 17.0 Å². The second-order valence-electron chi connectivity index (χ2n) is 3.61. The predicted octanol–water partition coefficient (Wildman–Crippen LogP) is 3.05. The molecule has 19 heavy (non-hydrogen) atoms. The van der Waals surface area contributed by atoms with Crippen LogP contribution >= 0.6 is 0 Å².